The third-order valence-electron chi connectivity index (χ3n) is 3.04. The minimum atomic E-state index is -1.89. The molecular weight excluding hydrogens is 365 g/mol. The molecule has 0 spiro atoms. The number of aliphatic carboxylic acids is 1. The lowest BCUT2D eigenvalue weighted by Crippen LogP contribution is -2.16. The fourth-order valence-electron chi connectivity index (χ4n) is 1.79. The van der Waals surface area contributed by atoms with E-state index in [1.54, 1.807) is 0 Å². The number of Topliss-reactive ketones (excluding diaryl/α,β-unsaturated/α-hetero) is 1. The molecule has 1 aromatic heterocycles. The second-order valence-electron chi connectivity index (χ2n) is 4.77. The van der Waals surface area contributed by atoms with Crippen molar-refractivity contribution in [3.63, 3.8) is 0 Å². The summed E-state index contributed by atoms with van der Waals surface area (Å²) in [5, 5.41) is 11.0. The van der Waals surface area contributed by atoms with E-state index in [2.05, 4.69) is 4.98 Å². The summed E-state index contributed by atoms with van der Waals surface area (Å²) in [5.74, 6) is -11.9. The number of carbonyl (C=O) groups excluding carboxylic acids is 1. The van der Waals surface area contributed by atoms with Crippen molar-refractivity contribution in [3.8, 4) is 0 Å². The topological polar surface area (TPSA) is 105 Å². The van der Waals surface area contributed by atoms with E-state index in [-0.39, 0.29) is 12.1 Å². The van der Waals surface area contributed by atoms with Gasteiger partial charge < -0.3 is 16.2 Å². The van der Waals surface area contributed by atoms with Crippen molar-refractivity contribution in [2.75, 3.05) is 11.1 Å². The van der Waals surface area contributed by atoms with Crippen LogP contribution in [0.5, 0.6) is 0 Å². The van der Waals surface area contributed by atoms with Crippen LogP contribution in [0.3, 0.4) is 0 Å². The van der Waals surface area contributed by atoms with Crippen molar-refractivity contribution in [3.05, 3.63) is 64.6 Å². The van der Waals surface area contributed by atoms with Crippen LogP contribution in [0.4, 0.5) is 33.6 Å². The third-order valence-corrected chi connectivity index (χ3v) is 3.04. The average Bonchev–Trinajstić information content (AvgIpc) is 2.55. The molecule has 0 unspecified atom stereocenters. The molecule has 0 saturated heterocycles. The van der Waals surface area contributed by atoms with Crippen LogP contribution < -0.4 is 11.1 Å². The quantitative estimate of drug-likeness (QED) is 0.186. The number of hydrogen-bond donors (Lipinski definition) is 3. The van der Waals surface area contributed by atoms with E-state index in [0.29, 0.717) is 12.3 Å². The summed E-state index contributed by atoms with van der Waals surface area (Å²) in [4.78, 5) is 26.5. The summed E-state index contributed by atoms with van der Waals surface area (Å²) in [5.41, 5.74) is 2.92. The Morgan fingerprint density at radius 2 is 1.54 bits per heavy atom. The average molecular weight is 373 g/mol. The number of nitrogens with zero attached hydrogens (tertiary/aromatic N) is 1. The fourth-order valence-corrected chi connectivity index (χ4v) is 1.79. The highest BCUT2D eigenvalue weighted by atomic mass is 19.2. The molecule has 2 aromatic rings. The molecule has 6 nitrogen and oxygen atoms in total. The van der Waals surface area contributed by atoms with Crippen LogP contribution >= 0.6 is 0 Å². The molecule has 11 heteroatoms. The number of hydrogen-bond acceptors (Lipinski definition) is 5. The van der Waals surface area contributed by atoms with Crippen molar-refractivity contribution >= 4 is 23.4 Å². The SMILES string of the molecule is Nc1nc(NC=C(C(=O)O)C(=O)c2cc(F)c(F)cc2F)c(F)cc1F. The normalized spacial score (nSPS) is 11.3. The molecule has 0 aliphatic heterocycles. The van der Waals surface area contributed by atoms with Crippen LogP contribution in [0.2, 0.25) is 0 Å². The molecule has 26 heavy (non-hydrogen) atoms. The minimum absolute atomic E-state index is 0.0668. The predicted octanol–water partition coefficient (Wildman–Crippen LogP) is 2.62. The van der Waals surface area contributed by atoms with Crippen LogP contribution in [-0.4, -0.2) is 21.8 Å². The van der Waals surface area contributed by atoms with Gasteiger partial charge in [0.05, 0.1) is 5.56 Å². The molecular formula is C15H8F5N3O3. The molecule has 0 amide bonds. The highest BCUT2D eigenvalue weighted by Crippen LogP contribution is 2.19. The molecule has 2 rings (SSSR count). The third kappa shape index (κ3) is 3.77. The second-order valence-corrected chi connectivity index (χ2v) is 4.77. The first kappa shape index (κ1) is 18.8. The number of pyridine rings is 1. The number of carbonyl (C=O) groups is 2. The predicted molar refractivity (Wildman–Crippen MR) is 78.6 cm³/mol. The molecule has 1 heterocycles. The zero-order chi connectivity index (χ0) is 19.6. The van der Waals surface area contributed by atoms with Gasteiger partial charge in [-0.15, -0.1) is 0 Å². The van der Waals surface area contributed by atoms with Gasteiger partial charge in [-0.05, 0) is 6.07 Å². The standard InChI is InChI=1S/C15H8F5N3O3/c16-7-2-9(18)8(17)1-5(7)12(24)6(15(25)26)4-22-14-11(20)3-10(19)13(21)23-14/h1-4H,(H,25,26)(H3,21,22,23). The smallest absolute Gasteiger partial charge is 0.341 e. The monoisotopic (exact) mass is 373 g/mol. The van der Waals surface area contributed by atoms with E-state index in [9.17, 15) is 31.5 Å². The van der Waals surface area contributed by atoms with Gasteiger partial charge in [-0.25, -0.2) is 31.7 Å². The maximum Gasteiger partial charge on any atom is 0.341 e. The molecule has 1 aromatic carbocycles. The Kier molecular flexibility index (Phi) is 5.19. The lowest BCUT2D eigenvalue weighted by atomic mass is 10.0. The van der Waals surface area contributed by atoms with Crippen molar-refractivity contribution < 1.29 is 36.6 Å². The van der Waals surface area contributed by atoms with Gasteiger partial charge in [-0.1, -0.05) is 0 Å². The molecule has 4 N–H and O–H groups in total. The summed E-state index contributed by atoms with van der Waals surface area (Å²) in [7, 11) is 0. The van der Waals surface area contributed by atoms with Crippen LogP contribution in [-0.2, 0) is 4.79 Å². The largest absolute Gasteiger partial charge is 0.477 e. The first-order chi connectivity index (χ1) is 12.1. The van der Waals surface area contributed by atoms with Gasteiger partial charge in [0, 0.05) is 18.3 Å². The number of ketones is 1. The molecule has 0 fully saturated rings. The Bertz CT molecular complexity index is 947. The molecule has 0 aliphatic carbocycles. The first-order valence-electron chi connectivity index (χ1n) is 6.62. The summed E-state index contributed by atoms with van der Waals surface area (Å²) in [6.07, 6.45) is 0.425. The van der Waals surface area contributed by atoms with E-state index in [4.69, 9.17) is 10.8 Å². The maximum atomic E-state index is 13.6. The number of carboxylic acids is 1. The lowest BCUT2D eigenvalue weighted by Gasteiger charge is -2.07. The number of benzene rings is 1. The van der Waals surface area contributed by atoms with Crippen molar-refractivity contribution in [1.29, 1.82) is 0 Å². The molecule has 136 valence electrons. The highest BCUT2D eigenvalue weighted by Gasteiger charge is 2.24. The number of nitrogens with two attached hydrogens (primary N) is 1. The van der Waals surface area contributed by atoms with E-state index < -0.39 is 63.6 Å². The zero-order valence-electron chi connectivity index (χ0n) is 12.5. The van der Waals surface area contributed by atoms with Crippen LogP contribution in [0.1, 0.15) is 10.4 Å². The number of nitrogens with one attached hydrogen (secondary N) is 1. The first-order valence-corrected chi connectivity index (χ1v) is 6.62. The van der Waals surface area contributed by atoms with E-state index in [1.807, 2.05) is 5.32 Å². The van der Waals surface area contributed by atoms with Crippen LogP contribution in [0, 0.1) is 29.1 Å². The molecule has 0 radical (unpaired) electrons. The van der Waals surface area contributed by atoms with Crippen molar-refractivity contribution in [2.45, 2.75) is 0 Å². The number of rotatable bonds is 5. The number of anilines is 2. The minimum Gasteiger partial charge on any atom is -0.477 e. The van der Waals surface area contributed by atoms with Crippen LogP contribution in [0.15, 0.2) is 30.0 Å². The van der Waals surface area contributed by atoms with E-state index in [0.717, 1.165) is 0 Å². The van der Waals surface area contributed by atoms with E-state index >= 15 is 0 Å². The number of carboxylic acid groups (broad SMARTS) is 1. The van der Waals surface area contributed by atoms with Gasteiger partial charge in [0.2, 0.25) is 5.78 Å². The molecule has 0 bridgehead atoms. The Morgan fingerprint density at radius 1 is 0.962 bits per heavy atom. The number of halogens is 5. The van der Waals surface area contributed by atoms with Gasteiger partial charge in [0.15, 0.2) is 34.9 Å². The summed E-state index contributed by atoms with van der Waals surface area (Å²) in [6.45, 7) is 0. The van der Waals surface area contributed by atoms with E-state index in [1.165, 1.54) is 0 Å². The lowest BCUT2D eigenvalue weighted by molar-refractivity contribution is -0.132. The van der Waals surface area contributed by atoms with Gasteiger partial charge in [-0.3, -0.25) is 4.79 Å². The van der Waals surface area contributed by atoms with Crippen molar-refractivity contribution in [1.82, 2.24) is 4.98 Å². The maximum absolute atomic E-state index is 13.6. The Hall–Kier alpha value is -3.50. The fraction of sp³-hybridized carbons (Fsp3) is 0. The summed E-state index contributed by atoms with van der Waals surface area (Å²) >= 11 is 0. The van der Waals surface area contributed by atoms with Crippen LogP contribution in [0.25, 0.3) is 0 Å². The molecule has 0 atom stereocenters. The Labute approximate surface area is 141 Å². The number of nitrogen functional groups attached to an aromatic ring is 1. The van der Waals surface area contributed by atoms with Gasteiger partial charge in [0.25, 0.3) is 0 Å². The second kappa shape index (κ2) is 7.17. The zero-order valence-corrected chi connectivity index (χ0v) is 12.5. The molecule has 0 aliphatic rings. The summed E-state index contributed by atoms with van der Waals surface area (Å²) in [6, 6.07) is 0.603. The summed E-state index contributed by atoms with van der Waals surface area (Å²) < 4.78 is 66.3. The molecule has 0 saturated carbocycles. The Balaban J connectivity index is 2.42. The van der Waals surface area contributed by atoms with Gasteiger partial charge >= 0.3 is 5.97 Å². The number of aromatic nitrogens is 1. The van der Waals surface area contributed by atoms with Crippen molar-refractivity contribution in [2.24, 2.45) is 0 Å². The highest BCUT2D eigenvalue weighted by molar-refractivity contribution is 6.23. The van der Waals surface area contributed by atoms with Gasteiger partial charge in [-0.2, -0.15) is 0 Å². The van der Waals surface area contributed by atoms with Gasteiger partial charge in [0.1, 0.15) is 11.4 Å². The Morgan fingerprint density at radius 3 is 2.15 bits per heavy atom.